The van der Waals surface area contributed by atoms with Crippen LogP contribution < -0.4 is 0 Å². The third kappa shape index (κ3) is 3.46. The van der Waals surface area contributed by atoms with Crippen molar-refractivity contribution in [3.8, 4) is 5.69 Å². The van der Waals surface area contributed by atoms with Gasteiger partial charge in [-0.15, -0.1) is 0 Å². The van der Waals surface area contributed by atoms with Gasteiger partial charge in [0.15, 0.2) is 5.69 Å². The molecule has 1 atom stereocenters. The van der Waals surface area contributed by atoms with Gasteiger partial charge in [0.05, 0.1) is 5.69 Å². The molecule has 138 valence electrons. The molecule has 0 saturated heterocycles. The number of rotatable bonds is 4. The highest BCUT2D eigenvalue weighted by molar-refractivity contribution is 6.30. The maximum Gasteiger partial charge on any atom is 0.326 e. The number of aromatic nitrogens is 2. The molecule has 26 heavy (non-hydrogen) atoms. The van der Waals surface area contributed by atoms with Gasteiger partial charge in [-0.1, -0.05) is 18.0 Å². The molecule has 1 unspecified atom stereocenters. The van der Waals surface area contributed by atoms with Crippen LogP contribution in [0.1, 0.15) is 47.9 Å². The summed E-state index contributed by atoms with van der Waals surface area (Å²) in [7, 11) is 1.51. The molecule has 0 radical (unpaired) electrons. The van der Waals surface area contributed by atoms with Crippen LogP contribution >= 0.6 is 11.6 Å². The zero-order valence-electron chi connectivity index (χ0n) is 14.9. The van der Waals surface area contributed by atoms with Crippen molar-refractivity contribution in [3.63, 3.8) is 0 Å². The van der Waals surface area contributed by atoms with Gasteiger partial charge < -0.3 is 10.0 Å². The Morgan fingerprint density at radius 2 is 1.85 bits per heavy atom. The van der Waals surface area contributed by atoms with Crippen LogP contribution in [0.5, 0.6) is 0 Å². The standard InChI is InChI=1S/C19H22ClN3O3/c1-12(19(25)26)22(2)18(24)17-15-6-4-3-5-7-16(15)23(21-17)14-10-8-13(20)9-11-14/h8-12H,3-7H2,1-2H3,(H,25,26). The number of hydrogen-bond acceptors (Lipinski definition) is 3. The number of likely N-dealkylation sites (N-methyl/N-ethyl adjacent to an activating group) is 1. The van der Waals surface area contributed by atoms with Gasteiger partial charge in [0.2, 0.25) is 0 Å². The van der Waals surface area contributed by atoms with E-state index in [2.05, 4.69) is 5.10 Å². The largest absolute Gasteiger partial charge is 0.480 e. The Morgan fingerprint density at radius 1 is 1.19 bits per heavy atom. The molecule has 0 spiro atoms. The second-order valence-electron chi connectivity index (χ2n) is 6.65. The number of halogens is 1. The summed E-state index contributed by atoms with van der Waals surface area (Å²) in [6, 6.07) is 6.42. The van der Waals surface area contributed by atoms with E-state index in [1.807, 2.05) is 16.8 Å². The minimum Gasteiger partial charge on any atom is -0.480 e. The summed E-state index contributed by atoms with van der Waals surface area (Å²) in [5, 5.41) is 14.4. The molecular weight excluding hydrogens is 354 g/mol. The van der Waals surface area contributed by atoms with Crippen LogP contribution in [0.2, 0.25) is 5.02 Å². The summed E-state index contributed by atoms with van der Waals surface area (Å²) in [4.78, 5) is 25.4. The molecule has 0 saturated carbocycles. The predicted molar refractivity (Wildman–Crippen MR) is 99.0 cm³/mol. The van der Waals surface area contributed by atoms with Crippen molar-refractivity contribution in [1.82, 2.24) is 14.7 Å². The maximum atomic E-state index is 12.9. The van der Waals surface area contributed by atoms with Crippen molar-refractivity contribution in [2.45, 2.75) is 45.1 Å². The van der Waals surface area contributed by atoms with Crippen molar-refractivity contribution in [1.29, 1.82) is 0 Å². The van der Waals surface area contributed by atoms with E-state index in [1.54, 1.807) is 12.1 Å². The maximum absolute atomic E-state index is 12.9. The van der Waals surface area contributed by atoms with E-state index in [0.717, 1.165) is 49.0 Å². The Bertz CT molecular complexity index is 829. The van der Waals surface area contributed by atoms with E-state index in [0.29, 0.717) is 10.7 Å². The Morgan fingerprint density at radius 3 is 2.50 bits per heavy atom. The normalized spacial score (nSPS) is 15.0. The molecule has 1 heterocycles. The number of amides is 1. The first-order valence-corrected chi connectivity index (χ1v) is 9.14. The number of nitrogens with zero attached hydrogens (tertiary/aromatic N) is 3. The second-order valence-corrected chi connectivity index (χ2v) is 7.09. The van der Waals surface area contributed by atoms with Crippen LogP contribution in [0.4, 0.5) is 0 Å². The molecule has 1 N–H and O–H groups in total. The number of aliphatic carboxylic acids is 1. The summed E-state index contributed by atoms with van der Waals surface area (Å²) >= 11 is 5.98. The lowest BCUT2D eigenvalue weighted by atomic mass is 10.1. The topological polar surface area (TPSA) is 75.4 Å². The van der Waals surface area contributed by atoms with Crippen molar-refractivity contribution >= 4 is 23.5 Å². The van der Waals surface area contributed by atoms with Crippen molar-refractivity contribution in [3.05, 3.63) is 46.2 Å². The average molecular weight is 376 g/mol. The highest BCUT2D eigenvalue weighted by Crippen LogP contribution is 2.27. The minimum absolute atomic E-state index is 0.354. The quantitative estimate of drug-likeness (QED) is 0.831. The summed E-state index contributed by atoms with van der Waals surface area (Å²) in [6.45, 7) is 1.50. The number of carbonyl (C=O) groups excluding carboxylic acids is 1. The Balaban J connectivity index is 2.07. The van der Waals surface area contributed by atoms with Gasteiger partial charge in [0, 0.05) is 23.3 Å². The fourth-order valence-electron chi connectivity index (χ4n) is 3.25. The highest BCUT2D eigenvalue weighted by Gasteiger charge is 2.30. The highest BCUT2D eigenvalue weighted by atomic mass is 35.5. The molecule has 1 aromatic heterocycles. The molecule has 3 rings (SSSR count). The fourth-order valence-corrected chi connectivity index (χ4v) is 3.38. The van der Waals surface area contributed by atoms with E-state index < -0.39 is 12.0 Å². The number of fused-ring (bicyclic) bond motifs is 1. The summed E-state index contributed by atoms with van der Waals surface area (Å²) in [5.74, 6) is -1.39. The van der Waals surface area contributed by atoms with E-state index in [1.165, 1.54) is 18.9 Å². The van der Waals surface area contributed by atoms with E-state index in [4.69, 9.17) is 11.6 Å². The first kappa shape index (κ1) is 18.5. The molecule has 1 aromatic carbocycles. The number of hydrogen-bond donors (Lipinski definition) is 1. The summed E-state index contributed by atoms with van der Waals surface area (Å²) < 4.78 is 1.81. The van der Waals surface area contributed by atoms with Crippen LogP contribution in [0.15, 0.2) is 24.3 Å². The fraction of sp³-hybridized carbons (Fsp3) is 0.421. The molecule has 0 bridgehead atoms. The van der Waals surface area contributed by atoms with Gasteiger partial charge in [-0.3, -0.25) is 4.79 Å². The monoisotopic (exact) mass is 375 g/mol. The van der Waals surface area contributed by atoms with Gasteiger partial charge in [0.25, 0.3) is 5.91 Å². The smallest absolute Gasteiger partial charge is 0.326 e. The van der Waals surface area contributed by atoms with Crippen molar-refractivity contribution < 1.29 is 14.7 Å². The molecule has 1 amide bonds. The molecule has 7 heteroatoms. The number of carboxylic acid groups (broad SMARTS) is 1. The van der Waals surface area contributed by atoms with Crippen LogP contribution in [0, 0.1) is 0 Å². The van der Waals surface area contributed by atoms with Gasteiger partial charge in [0.1, 0.15) is 6.04 Å². The first-order chi connectivity index (χ1) is 12.4. The minimum atomic E-state index is -1.04. The van der Waals surface area contributed by atoms with Crippen LogP contribution in [0.3, 0.4) is 0 Å². The van der Waals surface area contributed by atoms with E-state index in [-0.39, 0.29) is 5.91 Å². The number of carboxylic acids is 1. The Hall–Kier alpha value is -2.34. The lowest BCUT2D eigenvalue weighted by molar-refractivity contribution is -0.141. The summed E-state index contributed by atoms with van der Waals surface area (Å²) in [5.41, 5.74) is 3.17. The van der Waals surface area contributed by atoms with Gasteiger partial charge in [-0.25, -0.2) is 9.48 Å². The first-order valence-electron chi connectivity index (χ1n) is 8.77. The Labute approximate surface area is 157 Å². The van der Waals surface area contributed by atoms with Gasteiger partial charge in [-0.05, 0) is 56.9 Å². The van der Waals surface area contributed by atoms with Crippen molar-refractivity contribution in [2.24, 2.45) is 0 Å². The summed E-state index contributed by atoms with van der Waals surface area (Å²) in [6.07, 6.45) is 4.76. The average Bonchev–Trinajstić information content (AvgIpc) is 2.82. The second kappa shape index (κ2) is 7.50. The van der Waals surface area contributed by atoms with Gasteiger partial charge in [-0.2, -0.15) is 5.10 Å². The zero-order chi connectivity index (χ0) is 18.8. The van der Waals surface area contributed by atoms with Crippen LogP contribution in [-0.4, -0.2) is 44.8 Å². The lowest BCUT2D eigenvalue weighted by Gasteiger charge is -2.20. The number of benzene rings is 1. The molecule has 1 aliphatic carbocycles. The predicted octanol–water partition coefficient (Wildman–Crippen LogP) is 3.34. The lowest BCUT2D eigenvalue weighted by Crippen LogP contribution is -2.40. The SMILES string of the molecule is CC(C(=O)O)N(C)C(=O)c1nn(-c2ccc(Cl)cc2)c2c1CCCCC2. The number of carbonyl (C=O) groups is 2. The molecule has 0 aliphatic heterocycles. The van der Waals surface area contributed by atoms with Gasteiger partial charge >= 0.3 is 5.97 Å². The van der Waals surface area contributed by atoms with Crippen molar-refractivity contribution in [2.75, 3.05) is 7.05 Å². The van der Waals surface area contributed by atoms with Crippen LogP contribution in [0.25, 0.3) is 5.69 Å². The van der Waals surface area contributed by atoms with E-state index in [9.17, 15) is 14.7 Å². The van der Waals surface area contributed by atoms with E-state index >= 15 is 0 Å². The molecular formula is C19H22ClN3O3. The third-order valence-electron chi connectivity index (χ3n) is 4.96. The van der Waals surface area contributed by atoms with Crippen LogP contribution in [-0.2, 0) is 17.6 Å². The molecule has 1 aliphatic rings. The molecule has 6 nitrogen and oxygen atoms in total. The molecule has 0 fully saturated rings. The third-order valence-corrected chi connectivity index (χ3v) is 5.21. The Kier molecular flexibility index (Phi) is 5.32. The zero-order valence-corrected chi connectivity index (χ0v) is 15.7. The molecule has 2 aromatic rings.